The van der Waals surface area contributed by atoms with E-state index < -0.39 is 0 Å². The third-order valence-corrected chi connectivity index (χ3v) is 5.67. The Kier molecular flexibility index (Phi) is 5.26. The molecule has 4 heteroatoms. The molecule has 128 valence electrons. The highest BCUT2D eigenvalue weighted by Gasteiger charge is 2.21. The van der Waals surface area contributed by atoms with Crippen LogP contribution in [-0.4, -0.2) is 9.73 Å². The molecule has 0 saturated carbocycles. The van der Waals surface area contributed by atoms with Crippen LogP contribution >= 0.6 is 11.8 Å². The van der Waals surface area contributed by atoms with Crippen molar-refractivity contribution in [3.8, 4) is 23.3 Å². The molecular weight excluding hydrogens is 338 g/mol. The zero-order valence-corrected chi connectivity index (χ0v) is 15.7. The highest BCUT2D eigenvalue weighted by atomic mass is 32.2. The van der Waals surface area contributed by atoms with Gasteiger partial charge in [-0.2, -0.15) is 10.5 Å². The molecule has 0 aliphatic rings. The quantitative estimate of drug-likeness (QED) is 0.530. The predicted octanol–water partition coefficient (Wildman–Crippen LogP) is 5.95. The highest BCUT2D eigenvalue weighted by Crippen LogP contribution is 2.42. The zero-order chi connectivity index (χ0) is 18.6. The maximum absolute atomic E-state index is 9.39. The molecule has 0 aliphatic carbocycles. The van der Waals surface area contributed by atoms with Crippen molar-refractivity contribution in [2.45, 2.75) is 36.3 Å². The smallest absolute Gasteiger partial charge is 0.0998 e. The second-order valence-electron chi connectivity index (χ2n) is 6.71. The summed E-state index contributed by atoms with van der Waals surface area (Å²) >= 11 is 1.77. The Balaban J connectivity index is 2.11. The standard InChI is InChI=1S/C22H19N3S/c1-22(2,11-5-12-23)26-21-10-13-25-15-20(21)19-9-8-16(14-24)17-6-3-4-7-18(17)19/h3-4,6-10,13,15H,5,11H2,1-2H3. The molecule has 1 aromatic heterocycles. The molecule has 0 fully saturated rings. The molecule has 0 N–H and O–H groups in total. The van der Waals surface area contributed by atoms with E-state index in [-0.39, 0.29) is 4.75 Å². The summed E-state index contributed by atoms with van der Waals surface area (Å²) in [5, 5.41) is 20.3. The lowest BCUT2D eigenvalue weighted by Crippen LogP contribution is -2.14. The number of thioether (sulfide) groups is 1. The van der Waals surface area contributed by atoms with E-state index in [1.54, 1.807) is 18.0 Å². The predicted molar refractivity (Wildman–Crippen MR) is 107 cm³/mol. The summed E-state index contributed by atoms with van der Waals surface area (Å²) in [5.74, 6) is 0. The molecule has 0 atom stereocenters. The van der Waals surface area contributed by atoms with Crippen LogP contribution < -0.4 is 0 Å². The van der Waals surface area contributed by atoms with Gasteiger partial charge >= 0.3 is 0 Å². The number of rotatable bonds is 5. The molecule has 0 radical (unpaired) electrons. The van der Waals surface area contributed by atoms with Gasteiger partial charge in [-0.1, -0.05) is 44.2 Å². The number of hydrogen-bond donors (Lipinski definition) is 0. The van der Waals surface area contributed by atoms with Crippen LogP contribution in [0.5, 0.6) is 0 Å². The summed E-state index contributed by atoms with van der Waals surface area (Å²) in [7, 11) is 0. The van der Waals surface area contributed by atoms with Crippen LogP contribution in [0, 0.1) is 22.7 Å². The fourth-order valence-corrected chi connectivity index (χ4v) is 4.21. The lowest BCUT2D eigenvalue weighted by Gasteiger charge is -2.24. The van der Waals surface area contributed by atoms with Crippen molar-refractivity contribution in [2.75, 3.05) is 0 Å². The Bertz CT molecular complexity index is 1030. The van der Waals surface area contributed by atoms with Gasteiger partial charge in [0, 0.05) is 39.4 Å². The Morgan fingerprint density at radius 2 is 1.77 bits per heavy atom. The lowest BCUT2D eigenvalue weighted by atomic mass is 9.96. The van der Waals surface area contributed by atoms with Crippen LogP contribution in [0.1, 0.15) is 32.3 Å². The van der Waals surface area contributed by atoms with Crippen LogP contribution in [0.4, 0.5) is 0 Å². The SMILES string of the molecule is CC(C)(CCC#N)Sc1ccncc1-c1ccc(C#N)c2ccccc12. The summed E-state index contributed by atoms with van der Waals surface area (Å²) in [5.41, 5.74) is 2.81. The number of nitriles is 2. The van der Waals surface area contributed by atoms with Gasteiger partial charge in [-0.05, 0) is 29.5 Å². The summed E-state index contributed by atoms with van der Waals surface area (Å²) in [6.07, 6.45) is 5.05. The van der Waals surface area contributed by atoms with Crippen molar-refractivity contribution in [3.63, 3.8) is 0 Å². The lowest BCUT2D eigenvalue weighted by molar-refractivity contribution is 0.652. The Labute approximate surface area is 158 Å². The average Bonchev–Trinajstić information content (AvgIpc) is 2.66. The Morgan fingerprint density at radius 3 is 2.50 bits per heavy atom. The number of benzene rings is 2. The van der Waals surface area contributed by atoms with Crippen LogP contribution in [0.3, 0.4) is 0 Å². The average molecular weight is 357 g/mol. The van der Waals surface area contributed by atoms with Gasteiger partial charge in [-0.15, -0.1) is 11.8 Å². The molecule has 0 saturated heterocycles. The molecule has 1 heterocycles. The van der Waals surface area contributed by atoms with Crippen molar-refractivity contribution in [3.05, 3.63) is 60.4 Å². The number of aromatic nitrogens is 1. The molecule has 3 nitrogen and oxygen atoms in total. The fourth-order valence-electron chi connectivity index (χ4n) is 3.01. The van der Waals surface area contributed by atoms with Crippen molar-refractivity contribution in [1.29, 1.82) is 10.5 Å². The van der Waals surface area contributed by atoms with E-state index in [9.17, 15) is 5.26 Å². The van der Waals surface area contributed by atoms with Crippen molar-refractivity contribution >= 4 is 22.5 Å². The molecule has 0 unspecified atom stereocenters. The van der Waals surface area contributed by atoms with Gasteiger partial charge in [0.05, 0.1) is 17.7 Å². The highest BCUT2D eigenvalue weighted by molar-refractivity contribution is 8.00. The van der Waals surface area contributed by atoms with Gasteiger partial charge in [-0.3, -0.25) is 4.98 Å². The normalized spacial score (nSPS) is 11.1. The largest absolute Gasteiger partial charge is 0.264 e. The number of pyridine rings is 1. The number of nitrogens with zero attached hydrogens (tertiary/aromatic N) is 3. The summed E-state index contributed by atoms with van der Waals surface area (Å²) in [6, 6.07) is 18.4. The first-order valence-corrected chi connectivity index (χ1v) is 9.29. The van der Waals surface area contributed by atoms with Crippen molar-refractivity contribution in [1.82, 2.24) is 4.98 Å². The van der Waals surface area contributed by atoms with Crippen LogP contribution in [0.2, 0.25) is 0 Å². The van der Waals surface area contributed by atoms with Gasteiger partial charge < -0.3 is 0 Å². The monoisotopic (exact) mass is 357 g/mol. The minimum atomic E-state index is -0.0474. The number of hydrogen-bond acceptors (Lipinski definition) is 4. The first-order chi connectivity index (χ1) is 12.6. The first kappa shape index (κ1) is 18.0. The molecule has 2 aromatic carbocycles. The van der Waals surface area contributed by atoms with E-state index in [1.807, 2.05) is 48.7 Å². The van der Waals surface area contributed by atoms with E-state index >= 15 is 0 Å². The maximum Gasteiger partial charge on any atom is 0.0998 e. The molecule has 3 aromatic rings. The second kappa shape index (κ2) is 7.60. The third kappa shape index (κ3) is 3.72. The molecule has 0 amide bonds. The second-order valence-corrected chi connectivity index (χ2v) is 8.46. The van der Waals surface area contributed by atoms with Crippen LogP contribution in [0.25, 0.3) is 21.9 Å². The van der Waals surface area contributed by atoms with Gasteiger partial charge in [0.2, 0.25) is 0 Å². The minimum Gasteiger partial charge on any atom is -0.264 e. The Morgan fingerprint density at radius 1 is 1.00 bits per heavy atom. The van der Waals surface area contributed by atoms with Crippen molar-refractivity contribution < 1.29 is 0 Å². The summed E-state index contributed by atoms with van der Waals surface area (Å²) in [4.78, 5) is 5.47. The van der Waals surface area contributed by atoms with Crippen molar-refractivity contribution in [2.24, 2.45) is 0 Å². The molecule has 26 heavy (non-hydrogen) atoms. The molecule has 0 spiro atoms. The topological polar surface area (TPSA) is 60.5 Å². The third-order valence-electron chi connectivity index (χ3n) is 4.34. The zero-order valence-electron chi connectivity index (χ0n) is 14.9. The molecule has 0 bridgehead atoms. The Hall–Kier alpha value is -2.82. The summed E-state index contributed by atoms with van der Waals surface area (Å²) in [6.45, 7) is 4.33. The van der Waals surface area contributed by atoms with E-state index in [0.717, 1.165) is 33.2 Å². The van der Waals surface area contributed by atoms with E-state index in [2.05, 4.69) is 31.0 Å². The van der Waals surface area contributed by atoms with Gasteiger partial charge in [0.15, 0.2) is 0 Å². The van der Waals surface area contributed by atoms with E-state index in [4.69, 9.17) is 5.26 Å². The molecule has 3 rings (SSSR count). The van der Waals surface area contributed by atoms with E-state index in [0.29, 0.717) is 12.0 Å². The van der Waals surface area contributed by atoms with Gasteiger partial charge in [-0.25, -0.2) is 0 Å². The van der Waals surface area contributed by atoms with Crippen LogP contribution in [0.15, 0.2) is 59.8 Å². The van der Waals surface area contributed by atoms with Crippen LogP contribution in [-0.2, 0) is 0 Å². The number of fused-ring (bicyclic) bond motifs is 1. The molecular formula is C22H19N3S. The summed E-state index contributed by atoms with van der Waals surface area (Å²) < 4.78 is -0.0474. The van der Waals surface area contributed by atoms with E-state index in [1.165, 1.54) is 0 Å². The first-order valence-electron chi connectivity index (χ1n) is 8.48. The fraction of sp³-hybridized carbons (Fsp3) is 0.227. The molecule has 0 aliphatic heterocycles. The van der Waals surface area contributed by atoms with Gasteiger partial charge in [0.25, 0.3) is 0 Å². The maximum atomic E-state index is 9.39. The minimum absolute atomic E-state index is 0.0474. The van der Waals surface area contributed by atoms with Gasteiger partial charge in [0.1, 0.15) is 0 Å².